The lowest BCUT2D eigenvalue weighted by molar-refractivity contribution is 0.0232. The molecule has 0 fully saturated rings. The summed E-state index contributed by atoms with van der Waals surface area (Å²) in [5.41, 5.74) is 8.02. The fraction of sp³-hybridized carbons (Fsp3) is 0.538. The predicted molar refractivity (Wildman–Crippen MR) is 64.0 cm³/mol. The van der Waals surface area contributed by atoms with E-state index in [-0.39, 0.29) is 5.60 Å². The van der Waals surface area contributed by atoms with E-state index in [9.17, 15) is 0 Å². The van der Waals surface area contributed by atoms with Crippen LogP contribution in [0.25, 0.3) is 0 Å². The van der Waals surface area contributed by atoms with Crippen molar-refractivity contribution in [2.45, 2.75) is 32.3 Å². The zero-order valence-electron chi connectivity index (χ0n) is 9.92. The van der Waals surface area contributed by atoms with Crippen LogP contribution in [-0.2, 0) is 17.6 Å². The van der Waals surface area contributed by atoms with E-state index in [4.69, 9.17) is 10.5 Å². The second-order valence-electron chi connectivity index (χ2n) is 4.50. The van der Waals surface area contributed by atoms with Crippen LogP contribution in [0.3, 0.4) is 0 Å². The van der Waals surface area contributed by atoms with Crippen molar-refractivity contribution in [2.75, 3.05) is 13.7 Å². The first-order valence-corrected chi connectivity index (χ1v) is 5.40. The third-order valence-electron chi connectivity index (χ3n) is 2.64. The van der Waals surface area contributed by atoms with Crippen molar-refractivity contribution >= 4 is 0 Å². The first-order chi connectivity index (χ1) is 7.07. The van der Waals surface area contributed by atoms with Crippen LogP contribution in [0.5, 0.6) is 0 Å². The minimum atomic E-state index is -0.0879. The molecule has 0 aliphatic heterocycles. The van der Waals surface area contributed by atoms with Gasteiger partial charge in [-0.15, -0.1) is 0 Å². The monoisotopic (exact) mass is 207 g/mol. The fourth-order valence-electron chi connectivity index (χ4n) is 1.55. The highest BCUT2D eigenvalue weighted by molar-refractivity contribution is 5.23. The van der Waals surface area contributed by atoms with Crippen molar-refractivity contribution in [1.82, 2.24) is 0 Å². The van der Waals surface area contributed by atoms with Gasteiger partial charge >= 0.3 is 0 Å². The molecule has 0 atom stereocenters. The molecule has 0 aliphatic carbocycles. The molecule has 0 saturated carbocycles. The Morgan fingerprint density at radius 1 is 1.13 bits per heavy atom. The summed E-state index contributed by atoms with van der Waals surface area (Å²) in [5.74, 6) is 0. The summed E-state index contributed by atoms with van der Waals surface area (Å²) < 4.78 is 5.40. The molecule has 0 spiro atoms. The third kappa shape index (κ3) is 4.02. The maximum atomic E-state index is 5.50. The van der Waals surface area contributed by atoms with Gasteiger partial charge in [-0.25, -0.2) is 0 Å². The van der Waals surface area contributed by atoms with E-state index in [0.29, 0.717) is 6.54 Å². The zero-order chi connectivity index (χ0) is 11.3. The second-order valence-corrected chi connectivity index (χ2v) is 4.50. The Balaban J connectivity index is 2.64. The standard InChI is InChI=1S/C13H21NO/c1-13(2,15-3)10-12-6-4-11(5-7-12)8-9-14/h4-7H,8-10,14H2,1-3H3. The Bertz CT molecular complexity index is 290. The number of methoxy groups -OCH3 is 1. The summed E-state index contributed by atoms with van der Waals surface area (Å²) in [6.45, 7) is 4.91. The molecule has 0 saturated heterocycles. The molecule has 2 nitrogen and oxygen atoms in total. The van der Waals surface area contributed by atoms with E-state index in [1.54, 1.807) is 7.11 Å². The van der Waals surface area contributed by atoms with E-state index >= 15 is 0 Å². The number of hydrogen-bond acceptors (Lipinski definition) is 2. The molecule has 0 heterocycles. The van der Waals surface area contributed by atoms with Gasteiger partial charge in [0.15, 0.2) is 0 Å². The molecular formula is C13H21NO. The molecule has 15 heavy (non-hydrogen) atoms. The normalized spacial score (nSPS) is 11.7. The molecule has 1 aromatic rings. The van der Waals surface area contributed by atoms with E-state index < -0.39 is 0 Å². The molecule has 0 radical (unpaired) electrons. The maximum absolute atomic E-state index is 5.50. The summed E-state index contributed by atoms with van der Waals surface area (Å²) in [4.78, 5) is 0. The molecule has 1 rings (SSSR count). The van der Waals surface area contributed by atoms with E-state index in [2.05, 4.69) is 38.1 Å². The Morgan fingerprint density at radius 3 is 2.13 bits per heavy atom. The number of benzene rings is 1. The van der Waals surface area contributed by atoms with Gasteiger partial charge in [-0.05, 0) is 37.9 Å². The Morgan fingerprint density at radius 2 is 1.67 bits per heavy atom. The number of rotatable bonds is 5. The topological polar surface area (TPSA) is 35.2 Å². The van der Waals surface area contributed by atoms with Crippen molar-refractivity contribution in [3.8, 4) is 0 Å². The molecule has 0 unspecified atom stereocenters. The quantitative estimate of drug-likeness (QED) is 0.803. The van der Waals surface area contributed by atoms with Crippen LogP contribution in [0.4, 0.5) is 0 Å². The van der Waals surface area contributed by atoms with Gasteiger partial charge in [0, 0.05) is 13.5 Å². The molecule has 0 amide bonds. The van der Waals surface area contributed by atoms with Crippen LogP contribution in [0, 0.1) is 0 Å². The fourth-order valence-corrected chi connectivity index (χ4v) is 1.55. The summed E-state index contributed by atoms with van der Waals surface area (Å²) in [5, 5.41) is 0. The molecule has 2 N–H and O–H groups in total. The Kier molecular flexibility index (Phi) is 4.30. The Hall–Kier alpha value is -0.860. The van der Waals surface area contributed by atoms with Crippen LogP contribution in [0.15, 0.2) is 24.3 Å². The van der Waals surface area contributed by atoms with Gasteiger partial charge in [-0.1, -0.05) is 24.3 Å². The summed E-state index contributed by atoms with van der Waals surface area (Å²) >= 11 is 0. The minimum Gasteiger partial charge on any atom is -0.378 e. The van der Waals surface area contributed by atoms with Crippen molar-refractivity contribution in [2.24, 2.45) is 5.73 Å². The SMILES string of the molecule is COC(C)(C)Cc1ccc(CCN)cc1. The van der Waals surface area contributed by atoms with Gasteiger partial charge in [0.1, 0.15) is 0 Å². The van der Waals surface area contributed by atoms with Crippen molar-refractivity contribution in [3.05, 3.63) is 35.4 Å². The molecular weight excluding hydrogens is 186 g/mol. The van der Waals surface area contributed by atoms with Crippen molar-refractivity contribution < 1.29 is 4.74 Å². The lowest BCUT2D eigenvalue weighted by atomic mass is 9.97. The highest BCUT2D eigenvalue weighted by Gasteiger charge is 2.16. The minimum absolute atomic E-state index is 0.0879. The first kappa shape index (κ1) is 12.2. The van der Waals surface area contributed by atoms with E-state index in [1.165, 1.54) is 11.1 Å². The van der Waals surface area contributed by atoms with Gasteiger partial charge < -0.3 is 10.5 Å². The van der Waals surface area contributed by atoms with Crippen molar-refractivity contribution in [1.29, 1.82) is 0 Å². The van der Waals surface area contributed by atoms with Crippen LogP contribution in [0.1, 0.15) is 25.0 Å². The van der Waals surface area contributed by atoms with Gasteiger partial charge in [-0.3, -0.25) is 0 Å². The number of hydrogen-bond donors (Lipinski definition) is 1. The smallest absolute Gasteiger partial charge is 0.0662 e. The third-order valence-corrected chi connectivity index (χ3v) is 2.64. The number of nitrogens with two attached hydrogens (primary N) is 1. The highest BCUT2D eigenvalue weighted by Crippen LogP contribution is 2.16. The zero-order valence-corrected chi connectivity index (χ0v) is 9.92. The van der Waals surface area contributed by atoms with Crippen molar-refractivity contribution in [3.63, 3.8) is 0 Å². The predicted octanol–water partition coefficient (Wildman–Crippen LogP) is 2.16. The molecule has 84 valence electrons. The lowest BCUT2D eigenvalue weighted by Crippen LogP contribution is -2.25. The van der Waals surface area contributed by atoms with E-state index in [0.717, 1.165) is 12.8 Å². The molecule has 1 aromatic carbocycles. The van der Waals surface area contributed by atoms with Crippen LogP contribution < -0.4 is 5.73 Å². The van der Waals surface area contributed by atoms with Crippen LogP contribution >= 0.6 is 0 Å². The van der Waals surface area contributed by atoms with Gasteiger partial charge in [0.05, 0.1) is 5.60 Å². The molecule has 0 bridgehead atoms. The average molecular weight is 207 g/mol. The maximum Gasteiger partial charge on any atom is 0.0662 e. The molecule has 2 heteroatoms. The van der Waals surface area contributed by atoms with Crippen LogP contribution in [-0.4, -0.2) is 19.3 Å². The molecule has 0 aromatic heterocycles. The Labute approximate surface area is 92.4 Å². The summed E-state index contributed by atoms with van der Waals surface area (Å²) in [6, 6.07) is 8.61. The van der Waals surface area contributed by atoms with E-state index in [1.807, 2.05) is 0 Å². The second kappa shape index (κ2) is 5.29. The van der Waals surface area contributed by atoms with Gasteiger partial charge in [-0.2, -0.15) is 0 Å². The van der Waals surface area contributed by atoms with Gasteiger partial charge in [0.2, 0.25) is 0 Å². The lowest BCUT2D eigenvalue weighted by Gasteiger charge is -2.22. The highest BCUT2D eigenvalue weighted by atomic mass is 16.5. The average Bonchev–Trinajstić information content (AvgIpc) is 2.21. The summed E-state index contributed by atoms with van der Waals surface area (Å²) in [7, 11) is 1.75. The largest absolute Gasteiger partial charge is 0.378 e. The molecule has 0 aliphatic rings. The number of ether oxygens (including phenoxy) is 1. The summed E-state index contributed by atoms with van der Waals surface area (Å²) in [6.07, 6.45) is 1.89. The van der Waals surface area contributed by atoms with Crippen LogP contribution in [0.2, 0.25) is 0 Å². The van der Waals surface area contributed by atoms with Gasteiger partial charge in [0.25, 0.3) is 0 Å². The first-order valence-electron chi connectivity index (χ1n) is 5.40.